The Balaban J connectivity index is 2.23. The van der Waals surface area contributed by atoms with Gasteiger partial charge in [-0.3, -0.25) is 14.5 Å². The molecule has 0 atom stereocenters. The van der Waals surface area contributed by atoms with Gasteiger partial charge >= 0.3 is 5.97 Å². The average molecular weight is 243 g/mol. The van der Waals surface area contributed by atoms with Crippen LogP contribution in [0.5, 0.6) is 0 Å². The first-order valence-corrected chi connectivity index (χ1v) is 6.03. The molecule has 0 aromatic rings. The molecule has 0 bridgehead atoms. The third-order valence-electron chi connectivity index (χ3n) is 2.79. The minimum Gasteiger partial charge on any atom is -0.455 e. The second-order valence-electron chi connectivity index (χ2n) is 4.09. The number of carbonyl (C=O) groups is 2. The van der Waals surface area contributed by atoms with Gasteiger partial charge in [0, 0.05) is 26.2 Å². The molecule has 98 valence electrons. The minimum atomic E-state index is -0.539. The topological polar surface area (TPSA) is 75.9 Å². The second-order valence-corrected chi connectivity index (χ2v) is 4.09. The number of hydrogen-bond acceptors (Lipinski definition) is 5. The van der Waals surface area contributed by atoms with E-state index in [2.05, 4.69) is 11.8 Å². The van der Waals surface area contributed by atoms with E-state index < -0.39 is 5.97 Å². The third kappa shape index (κ3) is 4.70. The van der Waals surface area contributed by atoms with Crippen LogP contribution in [0.1, 0.15) is 13.3 Å². The van der Waals surface area contributed by atoms with Crippen molar-refractivity contribution < 1.29 is 14.3 Å². The fourth-order valence-corrected chi connectivity index (χ4v) is 1.83. The number of ether oxygens (including phenoxy) is 1. The van der Waals surface area contributed by atoms with Gasteiger partial charge in [0.05, 0.1) is 6.54 Å². The quantitative estimate of drug-likeness (QED) is 0.630. The van der Waals surface area contributed by atoms with Gasteiger partial charge in [-0.1, -0.05) is 6.92 Å². The van der Waals surface area contributed by atoms with E-state index in [1.54, 1.807) is 4.90 Å². The smallest absolute Gasteiger partial charge is 0.320 e. The molecule has 1 fully saturated rings. The Bertz CT molecular complexity index is 263. The van der Waals surface area contributed by atoms with Crippen LogP contribution in [-0.2, 0) is 14.3 Å². The molecule has 6 heteroatoms. The maximum atomic E-state index is 11.7. The number of hydrogen-bond donors (Lipinski definition) is 1. The molecular formula is C11H21N3O3. The zero-order valence-electron chi connectivity index (χ0n) is 10.4. The zero-order valence-corrected chi connectivity index (χ0v) is 10.4. The van der Waals surface area contributed by atoms with Crippen molar-refractivity contribution in [1.82, 2.24) is 9.80 Å². The van der Waals surface area contributed by atoms with Gasteiger partial charge in [0.25, 0.3) is 5.91 Å². The Morgan fingerprint density at radius 2 is 1.88 bits per heavy atom. The average Bonchev–Trinajstić information content (AvgIpc) is 2.36. The molecule has 1 aliphatic heterocycles. The van der Waals surface area contributed by atoms with Crippen molar-refractivity contribution in [1.29, 1.82) is 0 Å². The van der Waals surface area contributed by atoms with E-state index in [0.717, 1.165) is 26.1 Å². The van der Waals surface area contributed by atoms with E-state index in [9.17, 15) is 9.59 Å². The molecule has 0 aliphatic carbocycles. The first-order valence-electron chi connectivity index (χ1n) is 6.03. The monoisotopic (exact) mass is 243 g/mol. The summed E-state index contributed by atoms with van der Waals surface area (Å²) in [6.45, 7) is 6.04. The molecule has 0 unspecified atom stereocenters. The fraction of sp³-hybridized carbons (Fsp3) is 0.818. The molecule has 1 rings (SSSR count). The number of nitrogens with two attached hydrogens (primary N) is 1. The predicted octanol–water partition coefficient (Wildman–Crippen LogP) is -0.957. The normalized spacial score (nSPS) is 16.9. The van der Waals surface area contributed by atoms with Crippen LogP contribution in [0.25, 0.3) is 0 Å². The molecule has 2 N–H and O–H groups in total. The maximum Gasteiger partial charge on any atom is 0.320 e. The van der Waals surface area contributed by atoms with Crippen LogP contribution in [0.2, 0.25) is 0 Å². The lowest BCUT2D eigenvalue weighted by Gasteiger charge is -2.34. The molecule has 6 nitrogen and oxygen atoms in total. The Morgan fingerprint density at radius 3 is 2.41 bits per heavy atom. The van der Waals surface area contributed by atoms with Gasteiger partial charge in [-0.25, -0.2) is 0 Å². The van der Waals surface area contributed by atoms with Crippen LogP contribution in [0, 0.1) is 0 Å². The molecule has 1 saturated heterocycles. The van der Waals surface area contributed by atoms with Gasteiger partial charge in [0.1, 0.15) is 0 Å². The molecular weight excluding hydrogens is 222 g/mol. The molecule has 0 aromatic carbocycles. The van der Waals surface area contributed by atoms with Crippen molar-refractivity contribution in [3.63, 3.8) is 0 Å². The van der Waals surface area contributed by atoms with Crippen LogP contribution >= 0.6 is 0 Å². The van der Waals surface area contributed by atoms with E-state index in [1.807, 2.05) is 0 Å². The van der Waals surface area contributed by atoms with Crippen LogP contribution in [0.3, 0.4) is 0 Å². The van der Waals surface area contributed by atoms with Crippen molar-refractivity contribution in [2.24, 2.45) is 5.73 Å². The molecule has 1 amide bonds. The Hall–Kier alpha value is -1.14. The largest absolute Gasteiger partial charge is 0.455 e. The number of rotatable bonds is 5. The Kier molecular flexibility index (Phi) is 5.93. The van der Waals surface area contributed by atoms with E-state index in [0.29, 0.717) is 13.1 Å². The van der Waals surface area contributed by atoms with Gasteiger partial charge in [-0.2, -0.15) is 0 Å². The number of esters is 1. The van der Waals surface area contributed by atoms with Crippen LogP contribution in [0.15, 0.2) is 0 Å². The van der Waals surface area contributed by atoms with E-state index in [-0.39, 0.29) is 19.1 Å². The van der Waals surface area contributed by atoms with Crippen molar-refractivity contribution >= 4 is 11.9 Å². The lowest BCUT2D eigenvalue weighted by Crippen LogP contribution is -2.49. The molecule has 0 aromatic heterocycles. The Morgan fingerprint density at radius 1 is 1.24 bits per heavy atom. The molecule has 0 radical (unpaired) electrons. The van der Waals surface area contributed by atoms with Crippen molar-refractivity contribution in [2.75, 3.05) is 45.9 Å². The van der Waals surface area contributed by atoms with Gasteiger partial charge in [0.2, 0.25) is 0 Å². The summed E-state index contributed by atoms with van der Waals surface area (Å²) >= 11 is 0. The Labute approximate surface area is 102 Å². The highest BCUT2D eigenvalue weighted by molar-refractivity contribution is 5.81. The standard InChI is InChI=1S/C11H21N3O3/c1-2-3-13-4-6-14(7-5-13)10(15)9-17-11(16)8-12/h2-9,12H2,1H3. The van der Waals surface area contributed by atoms with Crippen LogP contribution < -0.4 is 5.73 Å². The van der Waals surface area contributed by atoms with E-state index >= 15 is 0 Å². The summed E-state index contributed by atoms with van der Waals surface area (Å²) in [7, 11) is 0. The highest BCUT2D eigenvalue weighted by atomic mass is 16.5. The summed E-state index contributed by atoms with van der Waals surface area (Å²) in [4.78, 5) is 26.5. The fourth-order valence-electron chi connectivity index (χ4n) is 1.83. The highest BCUT2D eigenvalue weighted by Gasteiger charge is 2.21. The summed E-state index contributed by atoms with van der Waals surface area (Å²) in [6.07, 6.45) is 1.13. The molecule has 0 saturated carbocycles. The lowest BCUT2D eigenvalue weighted by molar-refractivity contribution is -0.151. The predicted molar refractivity (Wildman–Crippen MR) is 63.3 cm³/mol. The van der Waals surface area contributed by atoms with E-state index in [4.69, 9.17) is 10.5 Å². The molecule has 0 spiro atoms. The first-order chi connectivity index (χ1) is 8.17. The maximum absolute atomic E-state index is 11.7. The first kappa shape index (κ1) is 13.9. The van der Waals surface area contributed by atoms with Crippen molar-refractivity contribution in [3.8, 4) is 0 Å². The van der Waals surface area contributed by atoms with Gasteiger partial charge < -0.3 is 15.4 Å². The van der Waals surface area contributed by atoms with Gasteiger partial charge in [-0.15, -0.1) is 0 Å². The lowest BCUT2D eigenvalue weighted by atomic mass is 10.3. The second kappa shape index (κ2) is 7.24. The summed E-state index contributed by atoms with van der Waals surface area (Å²) in [5, 5.41) is 0. The zero-order chi connectivity index (χ0) is 12.7. The SMILES string of the molecule is CCCN1CCN(C(=O)COC(=O)CN)CC1. The highest BCUT2D eigenvalue weighted by Crippen LogP contribution is 2.03. The van der Waals surface area contributed by atoms with Gasteiger partial charge in [0.15, 0.2) is 6.61 Å². The minimum absolute atomic E-state index is 0.136. The molecule has 1 aliphatic rings. The van der Waals surface area contributed by atoms with Gasteiger partial charge in [-0.05, 0) is 13.0 Å². The van der Waals surface area contributed by atoms with E-state index in [1.165, 1.54) is 0 Å². The number of nitrogens with zero attached hydrogens (tertiary/aromatic N) is 2. The number of piperazine rings is 1. The summed E-state index contributed by atoms with van der Waals surface area (Å²) in [5.74, 6) is -0.675. The van der Waals surface area contributed by atoms with Crippen LogP contribution in [-0.4, -0.2) is 67.6 Å². The number of carbonyl (C=O) groups excluding carboxylic acids is 2. The summed E-state index contributed by atoms with van der Waals surface area (Å²) in [6, 6.07) is 0. The van der Waals surface area contributed by atoms with Crippen molar-refractivity contribution in [3.05, 3.63) is 0 Å². The summed E-state index contributed by atoms with van der Waals surface area (Å²) < 4.78 is 4.71. The third-order valence-corrected chi connectivity index (χ3v) is 2.79. The van der Waals surface area contributed by atoms with Crippen molar-refractivity contribution in [2.45, 2.75) is 13.3 Å². The molecule has 1 heterocycles. The van der Waals surface area contributed by atoms with Crippen LogP contribution in [0.4, 0.5) is 0 Å². The molecule has 17 heavy (non-hydrogen) atoms. The number of amides is 1. The summed E-state index contributed by atoms with van der Waals surface area (Å²) in [5.41, 5.74) is 5.08.